The predicted octanol–water partition coefficient (Wildman–Crippen LogP) is 3.54. The van der Waals surface area contributed by atoms with E-state index in [1.54, 1.807) is 19.2 Å². The number of amides is 1. The number of hydrogen-bond donors (Lipinski definition) is 1. The minimum Gasteiger partial charge on any atom is -0.493 e. The summed E-state index contributed by atoms with van der Waals surface area (Å²) in [4.78, 5) is 12.0. The molecule has 2 aromatic carbocycles. The molecule has 0 unspecified atom stereocenters. The molecule has 5 heteroatoms. The summed E-state index contributed by atoms with van der Waals surface area (Å²) < 4.78 is 10.7. The van der Waals surface area contributed by atoms with Crippen LogP contribution in [0.25, 0.3) is 0 Å². The molecular weight excluding hydrogens is 316 g/mol. The molecule has 0 spiro atoms. The molecule has 0 aliphatic heterocycles. The van der Waals surface area contributed by atoms with Crippen LogP contribution in [0.5, 0.6) is 11.5 Å². The summed E-state index contributed by atoms with van der Waals surface area (Å²) in [5.74, 6) is 0.777. The van der Waals surface area contributed by atoms with Gasteiger partial charge in [-0.15, -0.1) is 0 Å². The number of aryl methyl sites for hydroxylation is 3. The molecule has 25 heavy (non-hydrogen) atoms. The first kappa shape index (κ1) is 18.5. The lowest BCUT2D eigenvalue weighted by atomic mass is 9.97. The van der Waals surface area contributed by atoms with Crippen molar-refractivity contribution in [1.29, 1.82) is 0 Å². The molecule has 1 amide bonds. The van der Waals surface area contributed by atoms with Gasteiger partial charge in [0, 0.05) is 5.56 Å². The van der Waals surface area contributed by atoms with Crippen LogP contribution in [0.1, 0.15) is 29.2 Å². The van der Waals surface area contributed by atoms with Crippen LogP contribution in [0.2, 0.25) is 0 Å². The molecule has 5 nitrogen and oxygen atoms in total. The molecule has 0 saturated carbocycles. The van der Waals surface area contributed by atoms with Gasteiger partial charge in [-0.25, -0.2) is 5.43 Å². The van der Waals surface area contributed by atoms with Crippen molar-refractivity contribution in [2.75, 3.05) is 13.7 Å². The molecule has 2 aromatic rings. The minimum absolute atomic E-state index is 0.136. The Bertz CT molecular complexity index is 774. The van der Waals surface area contributed by atoms with Crippen molar-refractivity contribution < 1.29 is 14.3 Å². The number of carbonyl (C=O) groups excluding carboxylic acids is 1. The van der Waals surface area contributed by atoms with Crippen LogP contribution in [-0.2, 0) is 4.79 Å². The Balaban J connectivity index is 2.00. The summed E-state index contributed by atoms with van der Waals surface area (Å²) in [7, 11) is 1.56. The first-order valence-corrected chi connectivity index (χ1v) is 8.09. The Morgan fingerprint density at radius 1 is 1.08 bits per heavy atom. The highest BCUT2D eigenvalue weighted by Gasteiger charge is 2.09. The van der Waals surface area contributed by atoms with Crippen molar-refractivity contribution in [1.82, 2.24) is 5.43 Å². The molecule has 0 heterocycles. The second-order valence-corrected chi connectivity index (χ2v) is 5.95. The molecule has 0 saturated heterocycles. The maximum absolute atomic E-state index is 12.0. The number of ether oxygens (including phenoxy) is 2. The van der Waals surface area contributed by atoms with Crippen molar-refractivity contribution in [2.24, 2.45) is 5.10 Å². The number of hydrogen-bond acceptors (Lipinski definition) is 4. The summed E-state index contributed by atoms with van der Waals surface area (Å²) in [6.45, 7) is 7.89. The number of nitrogens with one attached hydrogen (secondary N) is 1. The van der Waals surface area contributed by atoms with Crippen LogP contribution in [0.4, 0.5) is 0 Å². The monoisotopic (exact) mass is 340 g/mol. The molecule has 0 aliphatic rings. The maximum Gasteiger partial charge on any atom is 0.277 e. The van der Waals surface area contributed by atoms with Gasteiger partial charge in [0.1, 0.15) is 0 Å². The Hall–Kier alpha value is -2.82. The van der Waals surface area contributed by atoms with Gasteiger partial charge >= 0.3 is 0 Å². The van der Waals surface area contributed by atoms with E-state index in [9.17, 15) is 4.79 Å². The smallest absolute Gasteiger partial charge is 0.277 e. The average Bonchev–Trinajstić information content (AvgIpc) is 2.57. The minimum atomic E-state index is -0.326. The van der Waals surface area contributed by atoms with Gasteiger partial charge < -0.3 is 9.47 Å². The maximum atomic E-state index is 12.0. The number of nitrogens with zero attached hydrogens (tertiary/aromatic N) is 1. The van der Waals surface area contributed by atoms with E-state index < -0.39 is 0 Å². The van der Waals surface area contributed by atoms with Gasteiger partial charge in [-0.1, -0.05) is 29.8 Å². The zero-order chi connectivity index (χ0) is 18.4. The van der Waals surface area contributed by atoms with E-state index in [1.807, 2.05) is 32.9 Å². The highest BCUT2D eigenvalue weighted by atomic mass is 16.5. The van der Waals surface area contributed by atoms with Gasteiger partial charge in [-0.2, -0.15) is 5.10 Å². The number of para-hydroxylation sites is 2. The SMILES string of the molecule is COc1ccccc1OCC(=O)N/N=C(/C)c1c(C)cc(C)cc1C. The molecule has 0 bridgehead atoms. The summed E-state index contributed by atoms with van der Waals surface area (Å²) in [6, 6.07) is 11.4. The van der Waals surface area contributed by atoms with E-state index in [-0.39, 0.29) is 12.5 Å². The molecule has 0 aliphatic carbocycles. The van der Waals surface area contributed by atoms with E-state index in [4.69, 9.17) is 9.47 Å². The third-order valence-corrected chi connectivity index (χ3v) is 3.81. The molecule has 1 N–H and O–H groups in total. The standard InChI is InChI=1S/C20H24N2O3/c1-13-10-14(2)20(15(3)11-13)16(4)21-22-19(23)12-25-18-9-7-6-8-17(18)24-5/h6-11H,12H2,1-5H3,(H,22,23)/b21-16-. The summed E-state index contributed by atoms with van der Waals surface area (Å²) in [5.41, 5.74) is 7.84. The van der Waals surface area contributed by atoms with Gasteiger partial charge in [-0.05, 0) is 51.0 Å². The third-order valence-electron chi connectivity index (χ3n) is 3.81. The molecule has 0 atom stereocenters. The van der Waals surface area contributed by atoms with Gasteiger partial charge in [0.15, 0.2) is 18.1 Å². The summed E-state index contributed by atoms with van der Waals surface area (Å²) in [5, 5.41) is 4.21. The second kappa shape index (κ2) is 8.33. The van der Waals surface area contributed by atoms with E-state index in [1.165, 1.54) is 5.56 Å². The van der Waals surface area contributed by atoms with Crippen molar-refractivity contribution in [2.45, 2.75) is 27.7 Å². The van der Waals surface area contributed by atoms with Gasteiger partial charge in [0.25, 0.3) is 5.91 Å². The van der Waals surface area contributed by atoms with Crippen LogP contribution in [0, 0.1) is 20.8 Å². The van der Waals surface area contributed by atoms with Gasteiger partial charge in [0.2, 0.25) is 0 Å². The lowest BCUT2D eigenvalue weighted by Crippen LogP contribution is -2.26. The Morgan fingerprint density at radius 3 is 2.28 bits per heavy atom. The quantitative estimate of drug-likeness (QED) is 0.646. The van der Waals surface area contributed by atoms with Crippen LogP contribution >= 0.6 is 0 Å². The summed E-state index contributed by atoms with van der Waals surface area (Å²) >= 11 is 0. The zero-order valence-electron chi connectivity index (χ0n) is 15.3. The fourth-order valence-corrected chi connectivity index (χ4v) is 2.87. The first-order valence-electron chi connectivity index (χ1n) is 8.09. The first-order chi connectivity index (χ1) is 11.9. The molecule has 0 radical (unpaired) electrons. The summed E-state index contributed by atoms with van der Waals surface area (Å²) in [6.07, 6.45) is 0. The van der Waals surface area contributed by atoms with Crippen molar-refractivity contribution in [3.05, 3.63) is 58.7 Å². The Kier molecular flexibility index (Phi) is 6.17. The van der Waals surface area contributed by atoms with Crippen molar-refractivity contribution >= 4 is 11.6 Å². The van der Waals surface area contributed by atoms with E-state index in [2.05, 4.69) is 29.6 Å². The topological polar surface area (TPSA) is 59.9 Å². The number of hydrazone groups is 1. The van der Waals surface area contributed by atoms with Crippen molar-refractivity contribution in [3.8, 4) is 11.5 Å². The Labute approximate surface area is 148 Å². The fraction of sp³-hybridized carbons (Fsp3) is 0.300. The largest absolute Gasteiger partial charge is 0.493 e. The van der Waals surface area contributed by atoms with Crippen molar-refractivity contribution in [3.63, 3.8) is 0 Å². The molecule has 132 valence electrons. The Morgan fingerprint density at radius 2 is 1.68 bits per heavy atom. The number of methoxy groups -OCH3 is 1. The zero-order valence-corrected chi connectivity index (χ0v) is 15.3. The van der Waals surface area contributed by atoms with E-state index in [0.717, 1.165) is 22.4 Å². The highest BCUT2D eigenvalue weighted by molar-refractivity contribution is 6.01. The lowest BCUT2D eigenvalue weighted by molar-refractivity contribution is -0.123. The number of benzene rings is 2. The highest BCUT2D eigenvalue weighted by Crippen LogP contribution is 2.25. The number of carbonyl (C=O) groups is 1. The normalized spacial score (nSPS) is 11.2. The lowest BCUT2D eigenvalue weighted by Gasteiger charge is -2.12. The predicted molar refractivity (Wildman–Crippen MR) is 99.5 cm³/mol. The van der Waals surface area contributed by atoms with E-state index >= 15 is 0 Å². The third kappa shape index (κ3) is 4.83. The number of rotatable bonds is 6. The van der Waals surface area contributed by atoms with Gasteiger partial charge in [0.05, 0.1) is 12.8 Å². The second-order valence-electron chi connectivity index (χ2n) is 5.95. The van der Waals surface area contributed by atoms with Crippen LogP contribution < -0.4 is 14.9 Å². The van der Waals surface area contributed by atoms with E-state index in [0.29, 0.717) is 11.5 Å². The van der Waals surface area contributed by atoms with Crippen LogP contribution in [-0.4, -0.2) is 25.3 Å². The van der Waals surface area contributed by atoms with Gasteiger partial charge in [-0.3, -0.25) is 4.79 Å². The molecular formula is C20H24N2O3. The molecule has 0 fully saturated rings. The molecule has 0 aromatic heterocycles. The molecule has 2 rings (SSSR count). The fourth-order valence-electron chi connectivity index (χ4n) is 2.87. The van der Waals surface area contributed by atoms with Crippen LogP contribution in [0.15, 0.2) is 41.5 Å². The average molecular weight is 340 g/mol. The van der Waals surface area contributed by atoms with Crippen LogP contribution in [0.3, 0.4) is 0 Å².